The SMILES string of the molecule is CCOC(=O)C1=C(C)NC(COC(C)=O)=C(C(=O)OCC)C1c1cccc2c1OC(F)C(F)(F)O2. The molecule has 1 aromatic carbocycles. The van der Waals surface area contributed by atoms with Crippen LogP contribution in [-0.4, -0.2) is 50.2 Å². The standard InChI is InChI=1S/C23H24F3NO8/c1-5-31-20(29)16-11(3)27-14(10-33-12(4)28)18(21(30)32-6-2)17(16)13-8-7-9-15-19(13)34-22(24)23(25,26)35-15/h7-9,17,22,27H,5-6,10H2,1-4H3. The number of esters is 3. The minimum absolute atomic E-state index is 0.00756. The highest BCUT2D eigenvalue weighted by Crippen LogP contribution is 2.49. The number of halogens is 3. The molecule has 190 valence electrons. The number of para-hydroxylation sites is 1. The van der Waals surface area contributed by atoms with E-state index in [-0.39, 0.29) is 41.3 Å². The first-order valence-electron chi connectivity index (χ1n) is 10.7. The Labute approximate surface area is 198 Å². The molecule has 3 rings (SSSR count). The Bertz CT molecular complexity index is 1100. The molecule has 0 saturated heterocycles. The van der Waals surface area contributed by atoms with Gasteiger partial charge in [-0.15, -0.1) is 0 Å². The van der Waals surface area contributed by atoms with Gasteiger partial charge in [0.05, 0.1) is 36.0 Å². The first-order valence-corrected chi connectivity index (χ1v) is 10.7. The van der Waals surface area contributed by atoms with Gasteiger partial charge in [0, 0.05) is 18.2 Å². The first-order chi connectivity index (χ1) is 16.5. The van der Waals surface area contributed by atoms with Gasteiger partial charge in [0.15, 0.2) is 11.5 Å². The molecule has 9 nitrogen and oxygen atoms in total. The van der Waals surface area contributed by atoms with Gasteiger partial charge in [-0.25, -0.2) is 9.59 Å². The van der Waals surface area contributed by atoms with Crippen molar-refractivity contribution in [1.29, 1.82) is 0 Å². The largest absolute Gasteiger partial charge is 0.468 e. The van der Waals surface area contributed by atoms with Crippen LogP contribution in [0.4, 0.5) is 13.2 Å². The van der Waals surface area contributed by atoms with Gasteiger partial charge in [-0.1, -0.05) is 12.1 Å². The lowest BCUT2D eigenvalue weighted by Gasteiger charge is -2.34. The monoisotopic (exact) mass is 499 g/mol. The smallest absolute Gasteiger partial charge is 0.463 e. The van der Waals surface area contributed by atoms with Crippen LogP contribution >= 0.6 is 0 Å². The molecule has 0 fully saturated rings. The molecule has 0 spiro atoms. The molecule has 0 radical (unpaired) electrons. The summed E-state index contributed by atoms with van der Waals surface area (Å²) in [7, 11) is 0. The second-order valence-electron chi connectivity index (χ2n) is 7.48. The molecule has 0 amide bonds. The van der Waals surface area contributed by atoms with Crippen molar-refractivity contribution in [3.8, 4) is 11.5 Å². The van der Waals surface area contributed by atoms with Crippen LogP contribution in [0.25, 0.3) is 0 Å². The van der Waals surface area contributed by atoms with Gasteiger partial charge in [-0.2, -0.15) is 13.2 Å². The minimum Gasteiger partial charge on any atom is -0.463 e. The highest BCUT2D eigenvalue weighted by Gasteiger charge is 2.51. The average Bonchev–Trinajstić information content (AvgIpc) is 2.77. The van der Waals surface area contributed by atoms with Gasteiger partial charge in [-0.05, 0) is 26.8 Å². The Kier molecular flexibility index (Phi) is 7.61. The summed E-state index contributed by atoms with van der Waals surface area (Å²) in [4.78, 5) is 37.5. The van der Waals surface area contributed by atoms with E-state index < -0.39 is 54.4 Å². The van der Waals surface area contributed by atoms with Crippen LogP contribution in [0, 0.1) is 0 Å². The third-order valence-electron chi connectivity index (χ3n) is 5.11. The van der Waals surface area contributed by atoms with Gasteiger partial charge in [0.25, 0.3) is 0 Å². The molecule has 0 saturated carbocycles. The molecule has 0 aliphatic carbocycles. The summed E-state index contributed by atoms with van der Waals surface area (Å²) in [6.07, 6.45) is -7.40. The van der Waals surface area contributed by atoms with Crippen molar-refractivity contribution in [3.63, 3.8) is 0 Å². The molecule has 2 atom stereocenters. The number of benzene rings is 1. The van der Waals surface area contributed by atoms with Crippen molar-refractivity contribution in [2.24, 2.45) is 0 Å². The number of alkyl halides is 3. The Balaban J connectivity index is 2.28. The number of rotatable bonds is 7. The number of allylic oxidation sites excluding steroid dienone is 1. The van der Waals surface area contributed by atoms with Crippen LogP contribution in [0.15, 0.2) is 40.7 Å². The Hall–Kier alpha value is -3.70. The number of ether oxygens (including phenoxy) is 5. The zero-order chi connectivity index (χ0) is 25.9. The summed E-state index contributed by atoms with van der Waals surface area (Å²) >= 11 is 0. The van der Waals surface area contributed by atoms with Gasteiger partial charge in [-0.3, -0.25) is 4.79 Å². The Morgan fingerprint density at radius 3 is 2.29 bits per heavy atom. The molecule has 0 aromatic heterocycles. The second kappa shape index (κ2) is 10.3. The van der Waals surface area contributed by atoms with Gasteiger partial charge in [0.1, 0.15) is 6.61 Å². The van der Waals surface area contributed by atoms with Gasteiger partial charge >= 0.3 is 30.4 Å². The molecule has 2 heterocycles. The fourth-order valence-corrected chi connectivity index (χ4v) is 3.76. The molecule has 2 unspecified atom stereocenters. The lowest BCUT2D eigenvalue weighted by Crippen LogP contribution is -2.43. The minimum atomic E-state index is -4.25. The van der Waals surface area contributed by atoms with Crippen LogP contribution in [0.3, 0.4) is 0 Å². The summed E-state index contributed by atoms with van der Waals surface area (Å²) in [5, 5.41) is 2.87. The third kappa shape index (κ3) is 5.20. The highest BCUT2D eigenvalue weighted by molar-refractivity contribution is 6.00. The van der Waals surface area contributed by atoms with E-state index in [4.69, 9.17) is 18.9 Å². The van der Waals surface area contributed by atoms with E-state index in [1.807, 2.05) is 0 Å². The van der Waals surface area contributed by atoms with E-state index in [9.17, 15) is 27.6 Å². The molecule has 0 bridgehead atoms. The summed E-state index contributed by atoms with van der Waals surface area (Å²) in [6, 6.07) is 3.82. The number of nitrogens with one attached hydrogen (secondary N) is 1. The average molecular weight is 499 g/mol. The van der Waals surface area contributed by atoms with Crippen molar-refractivity contribution >= 4 is 17.9 Å². The first kappa shape index (κ1) is 25.9. The van der Waals surface area contributed by atoms with Crippen molar-refractivity contribution < 1.29 is 51.2 Å². The van der Waals surface area contributed by atoms with Gasteiger partial charge in [0.2, 0.25) is 0 Å². The maximum atomic E-state index is 14.1. The predicted molar refractivity (Wildman–Crippen MR) is 113 cm³/mol. The molecule has 1 N–H and O–H groups in total. The topological polar surface area (TPSA) is 109 Å². The Morgan fingerprint density at radius 2 is 1.69 bits per heavy atom. The number of carbonyl (C=O) groups excluding carboxylic acids is 3. The van der Waals surface area contributed by atoms with Crippen LogP contribution in [-0.2, 0) is 28.6 Å². The number of carbonyl (C=O) groups is 3. The van der Waals surface area contributed by atoms with Crippen molar-refractivity contribution in [1.82, 2.24) is 5.32 Å². The normalized spacial score (nSPS) is 20.7. The van der Waals surface area contributed by atoms with Crippen LogP contribution in [0.2, 0.25) is 0 Å². The second-order valence-corrected chi connectivity index (χ2v) is 7.48. The lowest BCUT2D eigenvalue weighted by atomic mass is 9.79. The number of dihydropyridines is 1. The zero-order valence-corrected chi connectivity index (χ0v) is 19.4. The summed E-state index contributed by atoms with van der Waals surface area (Å²) in [6.45, 7) is 5.35. The quantitative estimate of drug-likeness (QED) is 0.447. The van der Waals surface area contributed by atoms with Gasteiger partial charge < -0.3 is 29.0 Å². The van der Waals surface area contributed by atoms with E-state index in [1.165, 1.54) is 19.1 Å². The molecular formula is C23H24F3NO8. The number of hydrogen-bond donors (Lipinski definition) is 1. The predicted octanol–water partition coefficient (Wildman–Crippen LogP) is 3.25. The number of fused-ring (bicyclic) bond motifs is 1. The molecular weight excluding hydrogens is 475 g/mol. The molecule has 2 aliphatic heterocycles. The van der Waals surface area contributed by atoms with Crippen molar-refractivity contribution in [3.05, 3.63) is 46.3 Å². The van der Waals surface area contributed by atoms with E-state index in [0.29, 0.717) is 0 Å². The Morgan fingerprint density at radius 1 is 1.06 bits per heavy atom. The van der Waals surface area contributed by atoms with Crippen molar-refractivity contribution in [2.45, 2.75) is 46.1 Å². The highest BCUT2D eigenvalue weighted by atomic mass is 19.3. The fraction of sp³-hybridized carbons (Fsp3) is 0.435. The third-order valence-corrected chi connectivity index (χ3v) is 5.11. The van der Waals surface area contributed by atoms with E-state index >= 15 is 0 Å². The van der Waals surface area contributed by atoms with Crippen LogP contribution in [0.5, 0.6) is 11.5 Å². The molecule has 35 heavy (non-hydrogen) atoms. The van der Waals surface area contributed by atoms with E-state index in [1.54, 1.807) is 13.8 Å². The maximum absolute atomic E-state index is 14.1. The van der Waals surface area contributed by atoms with E-state index in [0.717, 1.165) is 13.0 Å². The maximum Gasteiger partial charge on any atom is 0.468 e. The lowest BCUT2D eigenvalue weighted by molar-refractivity contribution is -0.281. The zero-order valence-electron chi connectivity index (χ0n) is 19.4. The van der Waals surface area contributed by atoms with E-state index in [2.05, 4.69) is 10.1 Å². The molecule has 2 aliphatic rings. The summed E-state index contributed by atoms with van der Waals surface area (Å²) in [5.74, 6) is -4.61. The van der Waals surface area contributed by atoms with Crippen molar-refractivity contribution in [2.75, 3.05) is 19.8 Å². The van der Waals surface area contributed by atoms with Crippen LogP contribution < -0.4 is 14.8 Å². The fourth-order valence-electron chi connectivity index (χ4n) is 3.76. The summed E-state index contributed by atoms with van der Waals surface area (Å²) < 4.78 is 66.5. The molecule has 12 heteroatoms. The summed E-state index contributed by atoms with van der Waals surface area (Å²) in [5.41, 5.74) is 0.0106. The number of hydrogen-bond acceptors (Lipinski definition) is 9. The molecule has 1 aromatic rings. The van der Waals surface area contributed by atoms with Crippen LogP contribution in [0.1, 0.15) is 39.2 Å².